The number of aromatic nitrogens is 1. The fourth-order valence-electron chi connectivity index (χ4n) is 3.13. The van der Waals surface area contributed by atoms with Crippen molar-refractivity contribution in [2.45, 2.75) is 36.7 Å². The van der Waals surface area contributed by atoms with Gasteiger partial charge in [0.1, 0.15) is 5.67 Å². The molecule has 1 aliphatic carbocycles. The summed E-state index contributed by atoms with van der Waals surface area (Å²) >= 11 is 0.949. The van der Waals surface area contributed by atoms with E-state index in [4.69, 9.17) is 10.3 Å². The van der Waals surface area contributed by atoms with E-state index in [0.29, 0.717) is 15.8 Å². The Labute approximate surface area is 187 Å². The molecule has 3 N–H and O–H groups in total. The standard InChI is InChI=1S/C21H21FN2O6S2/c1-20(18(26)23-28,32(2,29)30)9-10-24-16-8-7-14(11-17(16)31-19(24)27)5-3-4-6-15-12-21(15,22)13-25/h7-8,11,15,25,28H,9-10,12-13H2,1-2H3,(H,23,26)/t15-,20+,21-/m0/s1. The molecule has 0 spiro atoms. The highest BCUT2D eigenvalue weighted by atomic mass is 32.2. The van der Waals surface area contributed by atoms with Gasteiger partial charge in [-0.1, -0.05) is 23.2 Å². The third-order valence-electron chi connectivity index (χ3n) is 5.67. The Bertz CT molecular complexity index is 1360. The van der Waals surface area contributed by atoms with Crippen LogP contribution >= 0.6 is 11.3 Å². The zero-order valence-electron chi connectivity index (χ0n) is 17.3. The lowest BCUT2D eigenvalue weighted by molar-refractivity contribution is -0.131. The molecule has 1 aromatic carbocycles. The Morgan fingerprint density at radius 1 is 1.44 bits per heavy atom. The summed E-state index contributed by atoms with van der Waals surface area (Å²) in [5.74, 6) is 9.12. The van der Waals surface area contributed by atoms with Gasteiger partial charge in [0, 0.05) is 24.8 Å². The van der Waals surface area contributed by atoms with E-state index < -0.39 is 38.7 Å². The predicted molar refractivity (Wildman–Crippen MR) is 118 cm³/mol. The predicted octanol–water partition coefficient (Wildman–Crippen LogP) is 0.837. The van der Waals surface area contributed by atoms with E-state index in [0.717, 1.165) is 17.6 Å². The van der Waals surface area contributed by atoms with Crippen molar-refractivity contribution in [1.29, 1.82) is 0 Å². The first-order valence-electron chi connectivity index (χ1n) is 9.54. The molecule has 170 valence electrons. The van der Waals surface area contributed by atoms with E-state index in [1.807, 2.05) is 0 Å². The van der Waals surface area contributed by atoms with Crippen molar-refractivity contribution >= 4 is 37.3 Å². The minimum absolute atomic E-state index is 0.0520. The topological polar surface area (TPSA) is 126 Å². The van der Waals surface area contributed by atoms with Gasteiger partial charge >= 0.3 is 4.87 Å². The SMILES string of the molecule is C[C@@](CCn1c(=O)sc2cc(C#CC#C[C@H]3C[C@]3(F)CO)ccc21)(C(=O)NO)S(C)(=O)=O. The molecule has 8 nitrogen and oxygen atoms in total. The summed E-state index contributed by atoms with van der Waals surface area (Å²) in [7, 11) is -3.88. The lowest BCUT2D eigenvalue weighted by Crippen LogP contribution is -2.49. The van der Waals surface area contributed by atoms with Crippen LogP contribution in [0.3, 0.4) is 0 Å². The molecule has 0 bridgehead atoms. The van der Waals surface area contributed by atoms with Crippen LogP contribution in [0.4, 0.5) is 4.39 Å². The fraction of sp³-hybridized carbons (Fsp3) is 0.429. The van der Waals surface area contributed by atoms with Crippen molar-refractivity contribution in [3.05, 3.63) is 33.4 Å². The van der Waals surface area contributed by atoms with Crippen LogP contribution in [0.5, 0.6) is 0 Å². The van der Waals surface area contributed by atoms with E-state index in [1.165, 1.54) is 17.0 Å². The zero-order valence-corrected chi connectivity index (χ0v) is 18.9. The van der Waals surface area contributed by atoms with Gasteiger partial charge in [0.25, 0.3) is 5.91 Å². The lowest BCUT2D eigenvalue weighted by Gasteiger charge is -2.25. The number of carbonyl (C=O) groups excluding carboxylic acids is 1. The Morgan fingerprint density at radius 3 is 2.75 bits per heavy atom. The molecule has 0 saturated heterocycles. The number of aliphatic hydroxyl groups is 1. The number of aryl methyl sites for hydroxylation is 1. The Balaban J connectivity index is 1.81. The van der Waals surface area contributed by atoms with Crippen LogP contribution in [0.25, 0.3) is 10.2 Å². The number of sulfone groups is 1. The molecule has 3 atom stereocenters. The van der Waals surface area contributed by atoms with Crippen molar-refractivity contribution < 1.29 is 27.9 Å². The van der Waals surface area contributed by atoms with Gasteiger partial charge in [-0.25, -0.2) is 18.3 Å². The minimum Gasteiger partial charge on any atom is -0.393 e. The molecular weight excluding hydrogens is 459 g/mol. The van der Waals surface area contributed by atoms with Crippen LogP contribution in [0.15, 0.2) is 23.0 Å². The average molecular weight is 481 g/mol. The van der Waals surface area contributed by atoms with Crippen LogP contribution in [0, 0.1) is 29.6 Å². The molecule has 1 heterocycles. The molecule has 32 heavy (non-hydrogen) atoms. The van der Waals surface area contributed by atoms with E-state index in [2.05, 4.69) is 23.7 Å². The number of hydrogen-bond donors (Lipinski definition) is 3. The first-order valence-corrected chi connectivity index (χ1v) is 12.2. The molecule has 1 aromatic heterocycles. The number of hydroxylamine groups is 1. The third kappa shape index (κ3) is 4.57. The Kier molecular flexibility index (Phi) is 6.50. The van der Waals surface area contributed by atoms with Gasteiger partial charge in [-0.3, -0.25) is 19.4 Å². The molecular formula is C21H21FN2O6S2. The number of alkyl halides is 1. The molecule has 3 rings (SSSR count). The quantitative estimate of drug-likeness (QED) is 0.320. The number of carbonyl (C=O) groups is 1. The van der Waals surface area contributed by atoms with E-state index in [-0.39, 0.29) is 24.3 Å². The third-order valence-corrected chi connectivity index (χ3v) is 8.64. The number of hydrogen-bond acceptors (Lipinski definition) is 7. The number of nitrogens with one attached hydrogen (secondary N) is 1. The summed E-state index contributed by atoms with van der Waals surface area (Å²) in [5, 5.41) is 17.8. The number of benzene rings is 1. The number of fused-ring (bicyclic) bond motifs is 1. The molecule has 1 saturated carbocycles. The fourth-order valence-corrected chi connectivity index (χ4v) is 4.93. The zero-order chi connectivity index (χ0) is 23.7. The smallest absolute Gasteiger partial charge is 0.308 e. The molecule has 0 aliphatic heterocycles. The molecule has 1 amide bonds. The summed E-state index contributed by atoms with van der Waals surface area (Å²) < 4.78 is 37.9. The van der Waals surface area contributed by atoms with Crippen LogP contribution in [-0.2, 0) is 21.2 Å². The summed E-state index contributed by atoms with van der Waals surface area (Å²) in [6.07, 6.45) is 0.876. The normalized spacial score (nSPS) is 21.6. The van der Waals surface area contributed by atoms with Gasteiger partial charge in [-0.2, -0.15) is 0 Å². The van der Waals surface area contributed by atoms with Crippen molar-refractivity contribution in [2.24, 2.45) is 5.92 Å². The minimum atomic E-state index is -3.88. The number of nitrogens with zero attached hydrogens (tertiary/aromatic N) is 1. The van der Waals surface area contributed by atoms with Gasteiger partial charge in [-0.05, 0) is 43.4 Å². The van der Waals surface area contributed by atoms with Crippen LogP contribution in [-0.4, -0.2) is 52.5 Å². The van der Waals surface area contributed by atoms with Crippen LogP contribution < -0.4 is 10.4 Å². The Hall–Kier alpha value is -2.70. The van der Waals surface area contributed by atoms with Crippen molar-refractivity contribution in [3.8, 4) is 23.7 Å². The number of halogens is 1. The Morgan fingerprint density at radius 2 is 2.16 bits per heavy atom. The second kappa shape index (κ2) is 8.68. The molecule has 11 heteroatoms. The number of thiazole rings is 1. The van der Waals surface area contributed by atoms with E-state index in [9.17, 15) is 22.4 Å². The van der Waals surface area contributed by atoms with E-state index >= 15 is 0 Å². The highest BCUT2D eigenvalue weighted by Gasteiger charge is 2.54. The number of rotatable bonds is 6. The van der Waals surface area contributed by atoms with Gasteiger partial charge in [0.05, 0.1) is 22.7 Å². The summed E-state index contributed by atoms with van der Waals surface area (Å²) in [6.45, 7) is 0.585. The first kappa shape index (κ1) is 24.0. The van der Waals surface area contributed by atoms with Gasteiger partial charge in [0.2, 0.25) is 0 Å². The van der Waals surface area contributed by atoms with E-state index in [1.54, 1.807) is 18.2 Å². The highest BCUT2D eigenvalue weighted by Crippen LogP contribution is 2.46. The van der Waals surface area contributed by atoms with Crippen LogP contribution in [0.1, 0.15) is 25.3 Å². The van der Waals surface area contributed by atoms with Gasteiger partial charge in [0.15, 0.2) is 14.6 Å². The second-order valence-corrected chi connectivity index (χ2v) is 11.3. The van der Waals surface area contributed by atoms with Crippen molar-refractivity contribution in [3.63, 3.8) is 0 Å². The highest BCUT2D eigenvalue weighted by molar-refractivity contribution is 7.92. The van der Waals surface area contributed by atoms with Gasteiger partial charge < -0.3 is 5.11 Å². The second-order valence-electron chi connectivity index (χ2n) is 7.86. The number of aliphatic hydroxyl groups excluding tert-OH is 1. The van der Waals surface area contributed by atoms with Crippen molar-refractivity contribution in [2.75, 3.05) is 12.9 Å². The summed E-state index contributed by atoms with van der Waals surface area (Å²) in [6, 6.07) is 5.01. The van der Waals surface area contributed by atoms with Gasteiger partial charge in [-0.15, -0.1) is 0 Å². The first-order chi connectivity index (χ1) is 14.9. The molecule has 2 aromatic rings. The maximum absolute atomic E-state index is 13.6. The summed E-state index contributed by atoms with van der Waals surface area (Å²) in [5.41, 5.74) is 0.909. The molecule has 0 unspecified atom stereocenters. The monoisotopic (exact) mass is 480 g/mol. The molecule has 0 radical (unpaired) electrons. The average Bonchev–Trinajstić information content (AvgIpc) is 3.29. The summed E-state index contributed by atoms with van der Waals surface area (Å²) in [4.78, 5) is 24.1. The molecule has 1 aliphatic rings. The maximum Gasteiger partial charge on any atom is 0.308 e. The van der Waals surface area contributed by atoms with Crippen LogP contribution in [0.2, 0.25) is 0 Å². The molecule has 1 fully saturated rings. The maximum atomic E-state index is 13.6. The van der Waals surface area contributed by atoms with Crippen molar-refractivity contribution in [1.82, 2.24) is 10.0 Å². The number of amides is 1. The lowest BCUT2D eigenvalue weighted by atomic mass is 10.1. The largest absolute Gasteiger partial charge is 0.393 e.